The topological polar surface area (TPSA) is 41.5 Å². The Kier molecular flexibility index (Phi) is 8.14. The molecule has 0 unspecified atom stereocenters. The molecule has 86 valence electrons. The Morgan fingerprint density at radius 1 is 1.21 bits per heavy atom. The summed E-state index contributed by atoms with van der Waals surface area (Å²) in [6, 6.07) is 0. The summed E-state index contributed by atoms with van der Waals surface area (Å²) in [6.45, 7) is 9.24. The molecular weight excluding hydrogens is 178 g/mol. The summed E-state index contributed by atoms with van der Waals surface area (Å²) in [5.74, 6) is 0. The smallest absolute Gasteiger partial charge is 0.0766 e. The van der Waals surface area contributed by atoms with E-state index in [2.05, 4.69) is 5.32 Å². The Hall–Kier alpha value is -0.120. The largest absolute Gasteiger partial charge is 0.389 e. The Morgan fingerprint density at radius 3 is 2.36 bits per heavy atom. The second-order valence-corrected chi connectivity index (χ2v) is 3.66. The van der Waals surface area contributed by atoms with Crippen LogP contribution in [0.4, 0.5) is 0 Å². The zero-order valence-electron chi connectivity index (χ0n) is 9.81. The molecule has 2 N–H and O–H groups in total. The number of hydrogen-bond donors (Lipinski definition) is 2. The molecular formula is C11H25NO2. The van der Waals surface area contributed by atoms with Crippen molar-refractivity contribution in [2.75, 3.05) is 26.3 Å². The van der Waals surface area contributed by atoms with Gasteiger partial charge in [0.25, 0.3) is 0 Å². The third-order valence-electron chi connectivity index (χ3n) is 2.62. The monoisotopic (exact) mass is 203 g/mol. The quantitative estimate of drug-likeness (QED) is 0.559. The van der Waals surface area contributed by atoms with Gasteiger partial charge in [0.1, 0.15) is 0 Å². The Labute approximate surface area is 87.8 Å². The van der Waals surface area contributed by atoms with Gasteiger partial charge in [-0.15, -0.1) is 0 Å². The lowest BCUT2D eigenvalue weighted by atomic mass is 9.98. The molecule has 14 heavy (non-hydrogen) atoms. The van der Waals surface area contributed by atoms with Gasteiger partial charge in [0.05, 0.1) is 5.60 Å². The van der Waals surface area contributed by atoms with Gasteiger partial charge in [0.15, 0.2) is 0 Å². The van der Waals surface area contributed by atoms with Crippen LogP contribution in [-0.2, 0) is 4.74 Å². The predicted molar refractivity (Wildman–Crippen MR) is 59.5 cm³/mol. The van der Waals surface area contributed by atoms with Crippen LogP contribution in [0.1, 0.15) is 40.0 Å². The van der Waals surface area contributed by atoms with Gasteiger partial charge in [-0.1, -0.05) is 13.8 Å². The third-order valence-corrected chi connectivity index (χ3v) is 2.62. The van der Waals surface area contributed by atoms with Crippen LogP contribution >= 0.6 is 0 Å². The Morgan fingerprint density at radius 2 is 1.86 bits per heavy atom. The molecule has 0 saturated heterocycles. The van der Waals surface area contributed by atoms with E-state index in [0.29, 0.717) is 6.54 Å². The minimum absolute atomic E-state index is 0.522. The number of nitrogens with one attached hydrogen (secondary N) is 1. The molecule has 0 bridgehead atoms. The van der Waals surface area contributed by atoms with E-state index in [0.717, 1.165) is 39.0 Å². The molecule has 0 atom stereocenters. The summed E-state index contributed by atoms with van der Waals surface area (Å²) in [5.41, 5.74) is -0.522. The van der Waals surface area contributed by atoms with E-state index in [-0.39, 0.29) is 0 Å². The van der Waals surface area contributed by atoms with Crippen molar-refractivity contribution in [3.63, 3.8) is 0 Å². The van der Waals surface area contributed by atoms with Gasteiger partial charge < -0.3 is 15.2 Å². The molecule has 3 nitrogen and oxygen atoms in total. The van der Waals surface area contributed by atoms with Crippen LogP contribution in [0.3, 0.4) is 0 Å². The summed E-state index contributed by atoms with van der Waals surface area (Å²) < 4.78 is 5.22. The van der Waals surface area contributed by atoms with Crippen LogP contribution in [0.25, 0.3) is 0 Å². The molecule has 0 aromatic rings. The van der Waals surface area contributed by atoms with Gasteiger partial charge >= 0.3 is 0 Å². The SMILES string of the molecule is CCOCCCNCC(O)(CC)CC. The molecule has 0 heterocycles. The summed E-state index contributed by atoms with van der Waals surface area (Å²) in [4.78, 5) is 0. The predicted octanol–water partition coefficient (Wildman–Crippen LogP) is 1.55. The molecule has 0 aromatic heterocycles. The zero-order valence-corrected chi connectivity index (χ0v) is 9.81. The minimum Gasteiger partial charge on any atom is -0.389 e. The van der Waals surface area contributed by atoms with Crippen molar-refractivity contribution in [2.24, 2.45) is 0 Å². The fourth-order valence-corrected chi connectivity index (χ4v) is 1.26. The zero-order chi connectivity index (χ0) is 10.9. The summed E-state index contributed by atoms with van der Waals surface area (Å²) in [6.07, 6.45) is 2.63. The summed E-state index contributed by atoms with van der Waals surface area (Å²) in [7, 11) is 0. The van der Waals surface area contributed by atoms with Crippen molar-refractivity contribution in [1.82, 2.24) is 5.32 Å². The number of ether oxygens (including phenoxy) is 1. The summed E-state index contributed by atoms with van der Waals surface area (Å²) >= 11 is 0. The Balaban J connectivity index is 3.34. The maximum atomic E-state index is 9.94. The molecule has 0 aromatic carbocycles. The fraction of sp³-hybridized carbons (Fsp3) is 1.00. The molecule has 0 aliphatic carbocycles. The van der Waals surface area contributed by atoms with Gasteiger partial charge in [0, 0.05) is 19.8 Å². The van der Waals surface area contributed by atoms with Crippen molar-refractivity contribution in [3.05, 3.63) is 0 Å². The maximum absolute atomic E-state index is 9.94. The average molecular weight is 203 g/mol. The van der Waals surface area contributed by atoms with Crippen LogP contribution in [0.5, 0.6) is 0 Å². The van der Waals surface area contributed by atoms with Crippen molar-refractivity contribution in [1.29, 1.82) is 0 Å². The van der Waals surface area contributed by atoms with E-state index in [9.17, 15) is 5.11 Å². The summed E-state index contributed by atoms with van der Waals surface area (Å²) in [5, 5.41) is 13.2. The van der Waals surface area contributed by atoms with Crippen molar-refractivity contribution in [3.8, 4) is 0 Å². The lowest BCUT2D eigenvalue weighted by Gasteiger charge is -2.25. The average Bonchev–Trinajstić information content (AvgIpc) is 2.23. The normalized spacial score (nSPS) is 12.0. The number of rotatable bonds is 9. The van der Waals surface area contributed by atoms with Gasteiger partial charge in [-0.05, 0) is 32.7 Å². The highest BCUT2D eigenvalue weighted by molar-refractivity contribution is 4.77. The highest BCUT2D eigenvalue weighted by atomic mass is 16.5. The molecule has 0 amide bonds. The lowest BCUT2D eigenvalue weighted by Crippen LogP contribution is -2.39. The fourth-order valence-electron chi connectivity index (χ4n) is 1.26. The number of aliphatic hydroxyl groups is 1. The van der Waals surface area contributed by atoms with E-state index in [1.54, 1.807) is 0 Å². The van der Waals surface area contributed by atoms with Gasteiger partial charge in [-0.2, -0.15) is 0 Å². The van der Waals surface area contributed by atoms with E-state index in [4.69, 9.17) is 4.74 Å². The van der Waals surface area contributed by atoms with Gasteiger partial charge in [-0.3, -0.25) is 0 Å². The molecule has 0 rings (SSSR count). The molecule has 0 radical (unpaired) electrons. The second kappa shape index (κ2) is 8.21. The standard InChI is InChI=1S/C11H25NO2/c1-4-11(13,5-2)10-12-8-7-9-14-6-3/h12-13H,4-10H2,1-3H3. The number of hydrogen-bond acceptors (Lipinski definition) is 3. The van der Waals surface area contributed by atoms with Crippen LogP contribution in [0.2, 0.25) is 0 Å². The van der Waals surface area contributed by atoms with Crippen LogP contribution in [0.15, 0.2) is 0 Å². The first-order valence-electron chi connectivity index (χ1n) is 5.69. The Bertz CT molecular complexity index is 124. The molecule has 0 aliphatic heterocycles. The lowest BCUT2D eigenvalue weighted by molar-refractivity contribution is 0.0320. The highest BCUT2D eigenvalue weighted by Crippen LogP contribution is 2.12. The van der Waals surface area contributed by atoms with Gasteiger partial charge in [0.2, 0.25) is 0 Å². The molecule has 0 fully saturated rings. The highest BCUT2D eigenvalue weighted by Gasteiger charge is 2.20. The first kappa shape index (κ1) is 13.9. The van der Waals surface area contributed by atoms with Crippen LogP contribution < -0.4 is 5.32 Å². The second-order valence-electron chi connectivity index (χ2n) is 3.66. The van der Waals surface area contributed by atoms with Crippen molar-refractivity contribution >= 4 is 0 Å². The van der Waals surface area contributed by atoms with Crippen molar-refractivity contribution < 1.29 is 9.84 Å². The molecule has 0 spiro atoms. The minimum atomic E-state index is -0.522. The van der Waals surface area contributed by atoms with E-state index < -0.39 is 5.60 Å². The molecule has 3 heteroatoms. The van der Waals surface area contributed by atoms with Crippen molar-refractivity contribution in [2.45, 2.75) is 45.6 Å². The first-order valence-corrected chi connectivity index (χ1v) is 5.69. The van der Waals surface area contributed by atoms with E-state index in [1.165, 1.54) is 0 Å². The van der Waals surface area contributed by atoms with Crippen LogP contribution in [-0.4, -0.2) is 37.0 Å². The van der Waals surface area contributed by atoms with Crippen LogP contribution in [0, 0.1) is 0 Å². The molecule has 0 saturated carbocycles. The first-order chi connectivity index (χ1) is 6.68. The maximum Gasteiger partial charge on any atom is 0.0766 e. The van der Waals surface area contributed by atoms with E-state index in [1.807, 2.05) is 20.8 Å². The molecule has 0 aliphatic rings. The van der Waals surface area contributed by atoms with Gasteiger partial charge in [-0.25, -0.2) is 0 Å². The van der Waals surface area contributed by atoms with E-state index >= 15 is 0 Å². The third kappa shape index (κ3) is 6.35.